The van der Waals surface area contributed by atoms with Gasteiger partial charge in [0.05, 0.1) is 5.92 Å². The molecule has 0 aromatic carbocycles. The van der Waals surface area contributed by atoms with Gasteiger partial charge in [-0.3, -0.25) is 9.59 Å². The maximum absolute atomic E-state index is 13.1. The van der Waals surface area contributed by atoms with Crippen LogP contribution in [0.2, 0.25) is 0 Å². The Bertz CT molecular complexity index is 568. The molecule has 7 heteroatoms. The monoisotopic (exact) mass is 345 g/mol. The van der Waals surface area contributed by atoms with E-state index in [9.17, 15) is 22.8 Å². The summed E-state index contributed by atoms with van der Waals surface area (Å²) in [4.78, 5) is 24.9. The molecule has 0 atom stereocenters. The average molecular weight is 345 g/mol. The van der Waals surface area contributed by atoms with Gasteiger partial charge in [0, 0.05) is 29.8 Å². The molecule has 0 aromatic heterocycles. The third kappa shape index (κ3) is 2.93. The van der Waals surface area contributed by atoms with Crippen LogP contribution in [0.1, 0.15) is 51.4 Å². The molecule has 1 saturated heterocycles. The highest BCUT2D eigenvalue weighted by Gasteiger charge is 2.56. The molecule has 0 aromatic rings. The van der Waals surface area contributed by atoms with Crippen LogP contribution in [-0.2, 0) is 9.59 Å². The number of aliphatic carboxylic acids is 1. The van der Waals surface area contributed by atoms with Gasteiger partial charge >= 0.3 is 12.1 Å². The Morgan fingerprint density at radius 1 is 1.08 bits per heavy atom. The van der Waals surface area contributed by atoms with E-state index < -0.39 is 29.3 Å². The second-order valence-electron chi connectivity index (χ2n) is 7.27. The third-order valence-corrected chi connectivity index (χ3v) is 5.85. The molecule has 0 radical (unpaired) electrons. The van der Waals surface area contributed by atoms with Gasteiger partial charge in [-0.1, -0.05) is 19.3 Å². The van der Waals surface area contributed by atoms with Crippen molar-refractivity contribution in [1.82, 2.24) is 4.90 Å². The van der Waals surface area contributed by atoms with E-state index in [4.69, 9.17) is 5.11 Å². The lowest BCUT2D eigenvalue weighted by molar-refractivity contribution is -0.169. The number of piperidine rings is 1. The van der Waals surface area contributed by atoms with Crippen molar-refractivity contribution in [3.05, 3.63) is 11.3 Å². The Morgan fingerprint density at radius 2 is 1.67 bits per heavy atom. The van der Waals surface area contributed by atoms with Crippen molar-refractivity contribution in [2.24, 2.45) is 11.3 Å². The van der Waals surface area contributed by atoms with Crippen LogP contribution in [-0.4, -0.2) is 41.0 Å². The standard InChI is InChI=1S/C17H22F3NO3/c18-17(19,20)14(22)13-12(10-16(13)6-2-1-3-7-16)21-8-4-11(5-9-21)15(23)24/h11H,1-10H2,(H,23,24). The molecule has 3 rings (SSSR count). The Kier molecular flexibility index (Phi) is 4.38. The van der Waals surface area contributed by atoms with Crippen LogP contribution in [0.4, 0.5) is 13.2 Å². The maximum atomic E-state index is 13.1. The van der Waals surface area contributed by atoms with Gasteiger partial charge in [-0.2, -0.15) is 13.2 Å². The van der Waals surface area contributed by atoms with Crippen molar-refractivity contribution in [3.8, 4) is 0 Å². The summed E-state index contributed by atoms with van der Waals surface area (Å²) in [6, 6.07) is 0. The molecule has 1 heterocycles. The summed E-state index contributed by atoms with van der Waals surface area (Å²) in [7, 11) is 0. The molecule has 1 spiro atoms. The Hall–Kier alpha value is -1.53. The number of likely N-dealkylation sites (tertiary alicyclic amines) is 1. The first-order chi connectivity index (χ1) is 11.2. The van der Waals surface area contributed by atoms with Crippen LogP contribution in [0.25, 0.3) is 0 Å². The second-order valence-corrected chi connectivity index (χ2v) is 7.27. The van der Waals surface area contributed by atoms with Gasteiger partial charge in [0.2, 0.25) is 0 Å². The van der Waals surface area contributed by atoms with Gasteiger partial charge in [-0.25, -0.2) is 0 Å². The molecule has 4 nitrogen and oxygen atoms in total. The zero-order chi connectivity index (χ0) is 17.5. The van der Waals surface area contributed by atoms with Crippen LogP contribution >= 0.6 is 0 Å². The number of alkyl halides is 3. The highest BCUT2D eigenvalue weighted by atomic mass is 19.4. The minimum atomic E-state index is -4.84. The van der Waals surface area contributed by atoms with Crippen molar-refractivity contribution in [2.45, 2.75) is 57.5 Å². The Morgan fingerprint density at radius 3 is 2.17 bits per heavy atom. The molecule has 0 bridgehead atoms. The average Bonchev–Trinajstić information content (AvgIpc) is 2.53. The molecule has 134 valence electrons. The van der Waals surface area contributed by atoms with Crippen LogP contribution in [0.3, 0.4) is 0 Å². The van der Waals surface area contributed by atoms with Gasteiger partial charge < -0.3 is 10.0 Å². The van der Waals surface area contributed by atoms with Crippen LogP contribution in [0, 0.1) is 11.3 Å². The van der Waals surface area contributed by atoms with E-state index in [-0.39, 0.29) is 5.57 Å². The first kappa shape index (κ1) is 17.3. The minimum Gasteiger partial charge on any atom is -0.481 e. The number of rotatable bonds is 3. The summed E-state index contributed by atoms with van der Waals surface area (Å²) in [5, 5.41) is 9.05. The van der Waals surface area contributed by atoms with Crippen LogP contribution in [0.5, 0.6) is 0 Å². The van der Waals surface area contributed by atoms with E-state index in [2.05, 4.69) is 0 Å². The van der Waals surface area contributed by atoms with Crippen molar-refractivity contribution in [2.75, 3.05) is 13.1 Å². The summed E-state index contributed by atoms with van der Waals surface area (Å²) in [5.41, 5.74) is -0.101. The topological polar surface area (TPSA) is 57.6 Å². The lowest BCUT2D eigenvalue weighted by atomic mass is 9.57. The number of allylic oxidation sites excluding steroid dienone is 2. The maximum Gasteiger partial charge on any atom is 0.454 e. The van der Waals surface area contributed by atoms with E-state index in [1.54, 1.807) is 0 Å². The number of halogens is 3. The molecule has 1 aliphatic heterocycles. The summed E-state index contributed by atoms with van der Waals surface area (Å²) in [5.74, 6) is -2.98. The highest BCUT2D eigenvalue weighted by molar-refractivity contribution is 6.03. The first-order valence-electron chi connectivity index (χ1n) is 8.57. The lowest BCUT2D eigenvalue weighted by Gasteiger charge is -2.52. The molecule has 0 unspecified atom stereocenters. The summed E-state index contributed by atoms with van der Waals surface area (Å²) < 4.78 is 39.3. The van der Waals surface area contributed by atoms with Crippen molar-refractivity contribution >= 4 is 11.8 Å². The number of carboxylic acids is 1. The number of carboxylic acid groups (broad SMARTS) is 1. The molecule has 0 amide bonds. The zero-order valence-electron chi connectivity index (χ0n) is 13.5. The van der Waals surface area contributed by atoms with Crippen molar-refractivity contribution < 1.29 is 27.9 Å². The van der Waals surface area contributed by atoms with E-state index >= 15 is 0 Å². The van der Waals surface area contributed by atoms with Gasteiger partial charge in [0.15, 0.2) is 0 Å². The normalized spacial score (nSPS) is 24.9. The Labute approximate surface area is 138 Å². The zero-order valence-corrected chi connectivity index (χ0v) is 13.5. The molecular weight excluding hydrogens is 323 g/mol. The molecule has 1 saturated carbocycles. The summed E-state index contributed by atoms with van der Waals surface area (Å²) in [6.07, 6.45) is 0.560. The van der Waals surface area contributed by atoms with E-state index in [0.717, 1.165) is 19.3 Å². The van der Waals surface area contributed by atoms with Gasteiger partial charge in [-0.15, -0.1) is 0 Å². The minimum absolute atomic E-state index is 0.0246. The number of ketones is 1. The van der Waals surface area contributed by atoms with E-state index in [1.807, 2.05) is 4.90 Å². The largest absolute Gasteiger partial charge is 0.481 e. The SMILES string of the molecule is O=C(O)C1CCN(C2=C(C(=O)C(F)(F)F)C3(CCCCC3)C2)CC1. The number of nitrogens with zero attached hydrogens (tertiary/aromatic N) is 1. The van der Waals surface area contributed by atoms with Gasteiger partial charge in [-0.05, 0) is 32.1 Å². The summed E-state index contributed by atoms with van der Waals surface area (Å²) >= 11 is 0. The number of carbonyl (C=O) groups excluding carboxylic acids is 1. The number of hydrogen-bond donors (Lipinski definition) is 1. The quantitative estimate of drug-likeness (QED) is 0.850. The lowest BCUT2D eigenvalue weighted by Crippen LogP contribution is -2.49. The summed E-state index contributed by atoms with van der Waals surface area (Å²) in [6.45, 7) is 0.827. The molecular formula is C17H22F3NO3. The van der Waals surface area contributed by atoms with Gasteiger partial charge in [0.1, 0.15) is 0 Å². The second kappa shape index (κ2) is 6.08. The smallest absolute Gasteiger partial charge is 0.454 e. The number of hydrogen-bond acceptors (Lipinski definition) is 3. The number of Topliss-reactive ketones (excluding diaryl/α,β-unsaturated/α-hetero) is 1. The molecule has 24 heavy (non-hydrogen) atoms. The van der Waals surface area contributed by atoms with E-state index in [1.165, 1.54) is 0 Å². The number of carbonyl (C=O) groups is 2. The first-order valence-corrected chi connectivity index (χ1v) is 8.57. The fourth-order valence-electron chi connectivity index (χ4n) is 4.53. The predicted octanol–water partition coefficient (Wildman–Crippen LogP) is 3.52. The van der Waals surface area contributed by atoms with Crippen LogP contribution < -0.4 is 0 Å². The Balaban J connectivity index is 1.85. The van der Waals surface area contributed by atoms with Crippen LogP contribution in [0.15, 0.2) is 11.3 Å². The fraction of sp³-hybridized carbons (Fsp3) is 0.765. The van der Waals surface area contributed by atoms with Gasteiger partial charge in [0.25, 0.3) is 5.78 Å². The van der Waals surface area contributed by atoms with Crippen molar-refractivity contribution in [3.63, 3.8) is 0 Å². The van der Waals surface area contributed by atoms with Crippen molar-refractivity contribution in [1.29, 1.82) is 0 Å². The molecule has 1 N–H and O–H groups in total. The molecule has 2 aliphatic carbocycles. The highest BCUT2D eigenvalue weighted by Crippen LogP contribution is 2.58. The van der Waals surface area contributed by atoms with E-state index in [0.29, 0.717) is 50.9 Å². The third-order valence-electron chi connectivity index (χ3n) is 5.85. The molecule has 3 aliphatic rings. The molecule has 2 fully saturated rings. The fourth-order valence-corrected chi connectivity index (χ4v) is 4.53. The predicted molar refractivity (Wildman–Crippen MR) is 80.2 cm³/mol.